The summed E-state index contributed by atoms with van der Waals surface area (Å²) in [5.74, 6) is -0.245. The Morgan fingerprint density at radius 3 is 2.42 bits per heavy atom. The molecule has 1 atom stereocenters. The number of halogens is 1. The number of nitrogens with zero attached hydrogens (tertiary/aromatic N) is 2. The van der Waals surface area contributed by atoms with E-state index in [9.17, 15) is 17.1 Å². The standard InChI is InChI=1S/C12H21FN2O3S/c13-19(17,18)11-9-12(16)15(10-11)8-4-7-14-5-2-1-3-6-14/h11H,1-10H2. The highest BCUT2D eigenvalue weighted by atomic mass is 32.3. The van der Waals surface area contributed by atoms with Crippen molar-refractivity contribution in [2.45, 2.75) is 37.4 Å². The van der Waals surface area contributed by atoms with Gasteiger partial charge in [0.05, 0.1) is 0 Å². The normalized spacial score (nSPS) is 26.1. The van der Waals surface area contributed by atoms with Gasteiger partial charge in [0, 0.05) is 19.5 Å². The van der Waals surface area contributed by atoms with Gasteiger partial charge in [0.1, 0.15) is 5.25 Å². The molecule has 19 heavy (non-hydrogen) atoms. The molecule has 110 valence electrons. The molecule has 0 N–H and O–H groups in total. The van der Waals surface area contributed by atoms with Crippen molar-refractivity contribution >= 4 is 16.1 Å². The van der Waals surface area contributed by atoms with Crippen LogP contribution in [0.3, 0.4) is 0 Å². The van der Waals surface area contributed by atoms with Gasteiger partial charge >= 0.3 is 10.2 Å². The van der Waals surface area contributed by atoms with Gasteiger partial charge in [-0.05, 0) is 38.9 Å². The Kier molecular flexibility index (Phi) is 4.78. The van der Waals surface area contributed by atoms with E-state index in [1.807, 2.05) is 0 Å². The van der Waals surface area contributed by atoms with Crippen molar-refractivity contribution < 1.29 is 17.1 Å². The number of piperidine rings is 1. The van der Waals surface area contributed by atoms with E-state index in [2.05, 4.69) is 4.90 Å². The maximum atomic E-state index is 12.8. The van der Waals surface area contributed by atoms with Gasteiger partial charge in [-0.1, -0.05) is 6.42 Å². The Morgan fingerprint density at radius 2 is 1.84 bits per heavy atom. The lowest BCUT2D eigenvalue weighted by Crippen LogP contribution is -2.34. The minimum absolute atomic E-state index is 0.0116. The van der Waals surface area contributed by atoms with Gasteiger partial charge in [-0.25, -0.2) is 0 Å². The Morgan fingerprint density at radius 1 is 1.16 bits per heavy atom. The molecular weight excluding hydrogens is 271 g/mol. The Hall–Kier alpha value is -0.690. The van der Waals surface area contributed by atoms with E-state index >= 15 is 0 Å². The van der Waals surface area contributed by atoms with Crippen LogP contribution < -0.4 is 0 Å². The van der Waals surface area contributed by atoms with Gasteiger partial charge in [0.2, 0.25) is 5.91 Å². The van der Waals surface area contributed by atoms with Crippen LogP contribution in [0.4, 0.5) is 3.89 Å². The zero-order valence-electron chi connectivity index (χ0n) is 11.1. The second-order valence-electron chi connectivity index (χ2n) is 5.40. The van der Waals surface area contributed by atoms with Gasteiger partial charge in [0.15, 0.2) is 0 Å². The minimum atomic E-state index is -4.59. The summed E-state index contributed by atoms with van der Waals surface area (Å²) in [6.07, 6.45) is 4.36. The second kappa shape index (κ2) is 6.17. The predicted octanol–water partition coefficient (Wildman–Crippen LogP) is 0.763. The summed E-state index contributed by atoms with van der Waals surface area (Å²) in [6.45, 7) is 3.68. The average molecular weight is 292 g/mol. The van der Waals surface area contributed by atoms with Crippen molar-refractivity contribution in [1.29, 1.82) is 0 Å². The summed E-state index contributed by atoms with van der Waals surface area (Å²) in [5, 5.41) is -1.16. The third-order valence-electron chi connectivity index (χ3n) is 3.93. The monoisotopic (exact) mass is 292 g/mol. The number of hydrogen-bond acceptors (Lipinski definition) is 4. The van der Waals surface area contributed by atoms with Crippen LogP contribution in [0.2, 0.25) is 0 Å². The molecule has 2 heterocycles. The molecule has 2 rings (SSSR count). The fourth-order valence-corrected chi connectivity index (χ4v) is 3.51. The van der Waals surface area contributed by atoms with E-state index in [1.54, 1.807) is 0 Å². The average Bonchev–Trinajstić information content (AvgIpc) is 2.72. The highest BCUT2D eigenvalue weighted by Gasteiger charge is 2.37. The predicted molar refractivity (Wildman–Crippen MR) is 69.9 cm³/mol. The number of hydrogen-bond donors (Lipinski definition) is 0. The summed E-state index contributed by atoms with van der Waals surface area (Å²) >= 11 is 0. The molecule has 0 aromatic heterocycles. The van der Waals surface area contributed by atoms with E-state index in [0.29, 0.717) is 6.54 Å². The molecule has 0 spiro atoms. The van der Waals surface area contributed by atoms with Gasteiger partial charge < -0.3 is 9.80 Å². The van der Waals surface area contributed by atoms with E-state index in [0.717, 1.165) is 26.1 Å². The topological polar surface area (TPSA) is 57.7 Å². The summed E-state index contributed by atoms with van der Waals surface area (Å²) in [5.41, 5.74) is 0. The van der Waals surface area contributed by atoms with Crippen molar-refractivity contribution in [3.05, 3.63) is 0 Å². The van der Waals surface area contributed by atoms with E-state index in [4.69, 9.17) is 0 Å². The molecule has 1 amide bonds. The maximum absolute atomic E-state index is 12.8. The Balaban J connectivity index is 1.73. The van der Waals surface area contributed by atoms with Crippen LogP contribution >= 0.6 is 0 Å². The van der Waals surface area contributed by atoms with Crippen LogP contribution in [0.15, 0.2) is 0 Å². The molecule has 1 unspecified atom stereocenters. The molecule has 0 aliphatic carbocycles. The summed E-state index contributed by atoms with van der Waals surface area (Å²) in [6, 6.07) is 0. The molecule has 0 bridgehead atoms. The zero-order valence-corrected chi connectivity index (χ0v) is 11.9. The van der Waals surface area contributed by atoms with E-state index in [-0.39, 0.29) is 18.9 Å². The van der Waals surface area contributed by atoms with E-state index < -0.39 is 15.5 Å². The largest absolute Gasteiger partial charge is 0.341 e. The summed E-state index contributed by atoms with van der Waals surface area (Å²) in [4.78, 5) is 15.4. The van der Waals surface area contributed by atoms with Crippen LogP contribution in [0, 0.1) is 0 Å². The molecule has 0 aromatic carbocycles. The quantitative estimate of drug-likeness (QED) is 0.702. The molecule has 2 aliphatic rings. The fraction of sp³-hybridized carbons (Fsp3) is 0.917. The smallest absolute Gasteiger partial charge is 0.307 e. The lowest BCUT2D eigenvalue weighted by atomic mass is 10.1. The molecule has 0 aromatic rings. The molecule has 2 saturated heterocycles. The number of rotatable bonds is 5. The van der Waals surface area contributed by atoms with Crippen LogP contribution in [-0.2, 0) is 15.0 Å². The molecule has 7 heteroatoms. The summed E-state index contributed by atoms with van der Waals surface area (Å²) < 4.78 is 34.4. The van der Waals surface area contributed by atoms with Crippen LogP contribution in [0.5, 0.6) is 0 Å². The second-order valence-corrected chi connectivity index (χ2v) is 7.02. The van der Waals surface area contributed by atoms with Crippen LogP contribution in [0.25, 0.3) is 0 Å². The van der Waals surface area contributed by atoms with Crippen LogP contribution in [0.1, 0.15) is 32.1 Å². The Labute approximate surface area is 114 Å². The fourth-order valence-electron chi connectivity index (χ4n) is 2.81. The Bertz CT molecular complexity index is 421. The van der Waals surface area contributed by atoms with E-state index in [1.165, 1.54) is 24.2 Å². The number of amides is 1. The van der Waals surface area contributed by atoms with Crippen molar-refractivity contribution in [2.24, 2.45) is 0 Å². The molecule has 0 saturated carbocycles. The minimum Gasteiger partial charge on any atom is -0.341 e. The highest BCUT2D eigenvalue weighted by Crippen LogP contribution is 2.20. The van der Waals surface area contributed by atoms with Crippen molar-refractivity contribution in [2.75, 3.05) is 32.7 Å². The highest BCUT2D eigenvalue weighted by molar-refractivity contribution is 7.87. The third-order valence-corrected chi connectivity index (χ3v) is 5.04. The first-order valence-electron chi connectivity index (χ1n) is 6.90. The zero-order chi connectivity index (χ0) is 13.9. The maximum Gasteiger partial charge on any atom is 0.307 e. The van der Waals surface area contributed by atoms with Gasteiger partial charge in [-0.2, -0.15) is 8.42 Å². The van der Waals surface area contributed by atoms with Gasteiger partial charge in [-0.15, -0.1) is 3.89 Å². The number of likely N-dealkylation sites (tertiary alicyclic amines) is 2. The van der Waals surface area contributed by atoms with Crippen molar-refractivity contribution in [3.8, 4) is 0 Å². The lowest BCUT2D eigenvalue weighted by molar-refractivity contribution is -0.127. The first kappa shape index (κ1) is 14.7. The molecular formula is C12H21FN2O3S. The number of carbonyl (C=O) groups is 1. The third kappa shape index (κ3) is 4.14. The SMILES string of the molecule is O=C1CC(S(=O)(=O)F)CN1CCCN1CCCCC1. The van der Waals surface area contributed by atoms with Gasteiger partial charge in [-0.3, -0.25) is 4.79 Å². The molecule has 2 fully saturated rings. The first-order valence-corrected chi connectivity index (χ1v) is 8.35. The lowest BCUT2D eigenvalue weighted by Gasteiger charge is -2.27. The van der Waals surface area contributed by atoms with Crippen molar-refractivity contribution in [3.63, 3.8) is 0 Å². The van der Waals surface area contributed by atoms with Crippen molar-refractivity contribution in [1.82, 2.24) is 9.80 Å². The summed E-state index contributed by atoms with van der Waals surface area (Å²) in [7, 11) is -4.59. The van der Waals surface area contributed by atoms with Crippen LogP contribution in [-0.4, -0.2) is 62.1 Å². The molecule has 0 radical (unpaired) electrons. The first-order chi connectivity index (χ1) is 8.97. The molecule has 2 aliphatic heterocycles. The van der Waals surface area contributed by atoms with Gasteiger partial charge in [0.25, 0.3) is 0 Å². The molecule has 5 nitrogen and oxygen atoms in total. The number of carbonyl (C=O) groups excluding carboxylic acids is 1.